The highest BCUT2D eigenvalue weighted by Crippen LogP contribution is 2.37. The molecular weight excluding hydrogens is 264 g/mol. The molecule has 0 aliphatic heterocycles. The van der Waals surface area contributed by atoms with Crippen molar-refractivity contribution in [2.24, 2.45) is 0 Å². The van der Waals surface area contributed by atoms with Crippen LogP contribution in [0.3, 0.4) is 0 Å². The molecule has 0 N–H and O–H groups in total. The quantitative estimate of drug-likeness (QED) is 0.798. The lowest BCUT2D eigenvalue weighted by Gasteiger charge is -2.02. The van der Waals surface area contributed by atoms with Gasteiger partial charge in [-0.1, -0.05) is 0 Å². The predicted octanol–water partition coefficient (Wildman–Crippen LogP) is 3.02. The Morgan fingerprint density at radius 2 is 1.28 bits per heavy atom. The fourth-order valence-electron chi connectivity index (χ4n) is 1.16. The van der Waals surface area contributed by atoms with Crippen LogP contribution in [-0.2, 0) is 0 Å². The summed E-state index contributed by atoms with van der Waals surface area (Å²) in [5.74, 6) is 0. The molecule has 2 heterocycles. The lowest BCUT2D eigenvalue weighted by Crippen LogP contribution is -1.85. The second-order valence-corrected chi connectivity index (χ2v) is 5.21. The third-order valence-electron chi connectivity index (χ3n) is 1.98. The lowest BCUT2D eigenvalue weighted by molar-refractivity contribution is 1.11. The first-order valence-corrected chi connectivity index (χ1v) is 7.05. The van der Waals surface area contributed by atoms with Gasteiger partial charge in [-0.25, -0.2) is 9.97 Å². The highest BCUT2D eigenvalue weighted by molar-refractivity contribution is 8.76. The third-order valence-corrected chi connectivity index (χ3v) is 4.23. The molecule has 0 radical (unpaired) electrons. The van der Waals surface area contributed by atoms with E-state index in [1.54, 1.807) is 36.7 Å². The van der Waals surface area contributed by atoms with Crippen molar-refractivity contribution in [3.8, 4) is 12.1 Å². The molecule has 0 unspecified atom stereocenters. The first kappa shape index (κ1) is 12.4. The highest BCUT2D eigenvalue weighted by Gasteiger charge is 2.08. The van der Waals surface area contributed by atoms with Gasteiger partial charge in [0, 0.05) is 12.4 Å². The summed E-state index contributed by atoms with van der Waals surface area (Å²) in [6.45, 7) is 0. The van der Waals surface area contributed by atoms with Gasteiger partial charge in [0.25, 0.3) is 0 Å². The van der Waals surface area contributed by atoms with E-state index in [0.717, 1.165) is 0 Å². The molecule has 2 aromatic heterocycles. The molecule has 0 aromatic carbocycles. The van der Waals surface area contributed by atoms with Crippen LogP contribution < -0.4 is 0 Å². The zero-order valence-corrected chi connectivity index (χ0v) is 10.7. The van der Waals surface area contributed by atoms with E-state index in [-0.39, 0.29) is 0 Å². The van der Waals surface area contributed by atoms with Crippen LogP contribution in [-0.4, -0.2) is 9.97 Å². The van der Waals surface area contributed by atoms with Crippen molar-refractivity contribution < 1.29 is 0 Å². The molecule has 4 nitrogen and oxygen atoms in total. The van der Waals surface area contributed by atoms with Gasteiger partial charge in [-0.3, -0.25) is 0 Å². The molecule has 0 saturated carbocycles. The molecule has 0 bridgehead atoms. The zero-order chi connectivity index (χ0) is 12.8. The highest BCUT2D eigenvalue weighted by atomic mass is 33.1. The summed E-state index contributed by atoms with van der Waals surface area (Å²) in [7, 11) is 2.65. The summed E-state index contributed by atoms with van der Waals surface area (Å²) in [6, 6.07) is 11.0. The number of nitriles is 2. The average Bonchev–Trinajstić information content (AvgIpc) is 2.45. The van der Waals surface area contributed by atoms with Crippen LogP contribution in [0.1, 0.15) is 11.1 Å². The molecular formula is C12H6N4S2. The molecule has 0 fully saturated rings. The summed E-state index contributed by atoms with van der Waals surface area (Å²) < 4.78 is 0. The smallest absolute Gasteiger partial charge is 0.125 e. The molecule has 0 atom stereocenters. The van der Waals surface area contributed by atoms with E-state index in [0.29, 0.717) is 21.2 Å². The fraction of sp³-hybridized carbons (Fsp3) is 0. The SMILES string of the molecule is N#Cc1cccnc1SSc1ncccc1C#N. The van der Waals surface area contributed by atoms with Crippen molar-refractivity contribution in [3.05, 3.63) is 47.8 Å². The van der Waals surface area contributed by atoms with E-state index in [4.69, 9.17) is 10.5 Å². The van der Waals surface area contributed by atoms with Crippen molar-refractivity contribution >= 4 is 21.6 Å². The second-order valence-electron chi connectivity index (χ2n) is 3.10. The van der Waals surface area contributed by atoms with Gasteiger partial charge < -0.3 is 0 Å². The average molecular weight is 270 g/mol. The normalized spacial score (nSPS) is 9.44. The van der Waals surface area contributed by atoms with Crippen LogP contribution in [0.2, 0.25) is 0 Å². The predicted molar refractivity (Wildman–Crippen MR) is 69.6 cm³/mol. The van der Waals surface area contributed by atoms with E-state index < -0.39 is 0 Å². The molecule has 2 aromatic rings. The molecule has 0 amide bonds. The number of aromatic nitrogens is 2. The van der Waals surface area contributed by atoms with Crippen molar-refractivity contribution in [1.29, 1.82) is 10.5 Å². The van der Waals surface area contributed by atoms with E-state index in [9.17, 15) is 0 Å². The minimum absolute atomic E-state index is 0.518. The summed E-state index contributed by atoms with van der Waals surface area (Å²) in [5.41, 5.74) is 1.04. The van der Waals surface area contributed by atoms with Crippen molar-refractivity contribution in [2.75, 3.05) is 0 Å². The third kappa shape index (κ3) is 2.80. The summed E-state index contributed by atoms with van der Waals surface area (Å²) in [5, 5.41) is 19.1. The number of hydrogen-bond acceptors (Lipinski definition) is 6. The van der Waals surface area contributed by atoms with Crippen LogP contribution in [0, 0.1) is 22.7 Å². The first-order chi connectivity index (χ1) is 8.85. The minimum atomic E-state index is 0.518. The number of pyridine rings is 2. The Kier molecular flexibility index (Phi) is 4.19. The van der Waals surface area contributed by atoms with Crippen LogP contribution in [0.15, 0.2) is 46.7 Å². The van der Waals surface area contributed by atoms with E-state index in [1.165, 1.54) is 21.6 Å². The molecule has 0 saturated heterocycles. The summed E-state index contributed by atoms with van der Waals surface area (Å²) >= 11 is 0. The number of rotatable bonds is 3. The zero-order valence-electron chi connectivity index (χ0n) is 9.07. The second kappa shape index (κ2) is 6.06. The van der Waals surface area contributed by atoms with Crippen molar-refractivity contribution in [2.45, 2.75) is 10.1 Å². The van der Waals surface area contributed by atoms with Crippen LogP contribution in [0.4, 0.5) is 0 Å². The van der Waals surface area contributed by atoms with Gasteiger partial charge in [0.15, 0.2) is 0 Å². The van der Waals surface area contributed by atoms with Crippen molar-refractivity contribution in [1.82, 2.24) is 9.97 Å². The number of hydrogen-bond donors (Lipinski definition) is 0. The van der Waals surface area contributed by atoms with Gasteiger partial charge in [-0.15, -0.1) is 0 Å². The molecule has 86 valence electrons. The van der Waals surface area contributed by atoms with Gasteiger partial charge in [0.05, 0.1) is 11.1 Å². The monoisotopic (exact) mass is 270 g/mol. The van der Waals surface area contributed by atoms with Crippen LogP contribution in [0.5, 0.6) is 0 Å². The van der Waals surface area contributed by atoms with Gasteiger partial charge in [0.2, 0.25) is 0 Å². The van der Waals surface area contributed by atoms with E-state index in [1.807, 2.05) is 0 Å². The van der Waals surface area contributed by atoms with Gasteiger partial charge in [-0.05, 0) is 45.9 Å². The Balaban J connectivity index is 2.18. The topological polar surface area (TPSA) is 73.4 Å². The van der Waals surface area contributed by atoms with Crippen LogP contribution >= 0.6 is 21.6 Å². The van der Waals surface area contributed by atoms with Gasteiger partial charge in [0.1, 0.15) is 22.2 Å². The van der Waals surface area contributed by atoms with E-state index in [2.05, 4.69) is 22.1 Å². The first-order valence-electron chi connectivity index (χ1n) is 4.90. The Bertz CT molecular complexity index is 586. The standard InChI is InChI=1S/C12H6N4S2/c13-7-9-3-1-5-15-11(9)17-18-12-10(8-14)4-2-6-16-12/h1-6H. The Morgan fingerprint density at radius 3 is 1.67 bits per heavy atom. The maximum atomic E-state index is 8.94. The van der Waals surface area contributed by atoms with Crippen molar-refractivity contribution in [3.63, 3.8) is 0 Å². The fourth-order valence-corrected chi connectivity index (χ4v) is 3.21. The molecule has 0 aliphatic rings. The molecule has 18 heavy (non-hydrogen) atoms. The maximum absolute atomic E-state index is 8.94. The Hall–Kier alpha value is -2.02. The Labute approximate surface area is 112 Å². The Morgan fingerprint density at radius 1 is 0.833 bits per heavy atom. The molecule has 0 aliphatic carbocycles. The summed E-state index contributed by atoms with van der Waals surface area (Å²) in [4.78, 5) is 8.26. The van der Waals surface area contributed by atoms with Gasteiger partial charge in [-0.2, -0.15) is 10.5 Å². The maximum Gasteiger partial charge on any atom is 0.125 e. The summed E-state index contributed by atoms with van der Waals surface area (Å²) in [6.07, 6.45) is 3.26. The lowest BCUT2D eigenvalue weighted by atomic mass is 10.3. The largest absolute Gasteiger partial charge is 0.248 e. The minimum Gasteiger partial charge on any atom is -0.248 e. The van der Waals surface area contributed by atoms with Crippen LogP contribution in [0.25, 0.3) is 0 Å². The molecule has 6 heteroatoms. The van der Waals surface area contributed by atoms with E-state index >= 15 is 0 Å². The molecule has 0 spiro atoms. The number of nitrogens with zero attached hydrogens (tertiary/aromatic N) is 4. The van der Waals surface area contributed by atoms with Gasteiger partial charge >= 0.3 is 0 Å². The molecule has 2 rings (SSSR count).